The van der Waals surface area contributed by atoms with E-state index in [9.17, 15) is 19.1 Å². The fourth-order valence-corrected chi connectivity index (χ4v) is 6.16. The first kappa shape index (κ1) is 25.4. The van der Waals surface area contributed by atoms with E-state index in [0.717, 1.165) is 17.3 Å². The maximum atomic E-state index is 13.9. The molecule has 2 aromatic heterocycles. The molecule has 2 atom stereocenters. The number of nitrogens with zero attached hydrogens (tertiary/aromatic N) is 1. The first-order valence-corrected chi connectivity index (χ1v) is 13.4. The summed E-state index contributed by atoms with van der Waals surface area (Å²) in [5.74, 6) is -0.947. The minimum atomic E-state index is -1.21. The Kier molecular flexibility index (Phi) is 7.30. The van der Waals surface area contributed by atoms with Crippen LogP contribution in [0.5, 0.6) is 11.6 Å². The highest BCUT2D eigenvalue weighted by Crippen LogP contribution is 2.41. The third-order valence-electron chi connectivity index (χ3n) is 5.90. The first-order chi connectivity index (χ1) is 17.9. The Hall–Kier alpha value is -3.24. The summed E-state index contributed by atoms with van der Waals surface area (Å²) in [6.07, 6.45) is -0.0251. The van der Waals surface area contributed by atoms with Gasteiger partial charge in [0, 0.05) is 23.4 Å². The fraction of sp³-hybridized carbons (Fsp3) is 0.148. The second-order valence-electron chi connectivity index (χ2n) is 8.39. The molecule has 0 saturated carbocycles. The third-order valence-corrected chi connectivity index (χ3v) is 8.35. The smallest absolute Gasteiger partial charge is 0.242 e. The summed E-state index contributed by atoms with van der Waals surface area (Å²) < 4.78 is 19.7. The van der Waals surface area contributed by atoms with Crippen LogP contribution < -0.4 is 10.1 Å². The minimum absolute atomic E-state index is 0.0251. The van der Waals surface area contributed by atoms with Gasteiger partial charge in [0.2, 0.25) is 11.8 Å². The summed E-state index contributed by atoms with van der Waals surface area (Å²) in [6.45, 7) is -0.343. The number of Topliss-reactive ketones (excluding diaryl/α,β-unsaturated/α-hetero) is 1. The quantitative estimate of drug-likeness (QED) is 0.284. The van der Waals surface area contributed by atoms with Crippen molar-refractivity contribution in [3.63, 3.8) is 0 Å². The maximum absolute atomic E-state index is 13.9. The Balaban J connectivity index is 1.48. The average molecular weight is 555 g/mol. The first-order valence-electron chi connectivity index (χ1n) is 11.2. The highest BCUT2D eigenvalue weighted by molar-refractivity contribution is 8.01. The molecule has 1 fully saturated rings. The lowest BCUT2D eigenvalue weighted by atomic mass is 9.79. The molecule has 0 radical (unpaired) electrons. The molecule has 37 heavy (non-hydrogen) atoms. The molecule has 2 aromatic carbocycles. The van der Waals surface area contributed by atoms with E-state index in [1.54, 1.807) is 42.5 Å². The van der Waals surface area contributed by atoms with Gasteiger partial charge in [0.05, 0.1) is 17.3 Å². The van der Waals surface area contributed by atoms with Crippen LogP contribution in [0.25, 0.3) is 0 Å². The molecule has 4 aromatic rings. The van der Waals surface area contributed by atoms with Crippen molar-refractivity contribution in [1.82, 2.24) is 10.3 Å². The number of benzene rings is 2. The Morgan fingerprint density at radius 2 is 2.00 bits per heavy atom. The summed E-state index contributed by atoms with van der Waals surface area (Å²) >= 11 is 8.82. The number of carbonyl (C=O) groups is 2. The molecule has 188 valence electrons. The average Bonchev–Trinajstić information content (AvgIpc) is 3.43. The van der Waals surface area contributed by atoms with Crippen molar-refractivity contribution in [3.05, 3.63) is 105 Å². The Labute approximate surface area is 225 Å². The minimum Gasteiger partial charge on any atom is -0.439 e. The van der Waals surface area contributed by atoms with Crippen LogP contribution in [0.4, 0.5) is 4.39 Å². The van der Waals surface area contributed by atoms with Gasteiger partial charge < -0.3 is 15.2 Å². The van der Waals surface area contributed by atoms with Crippen LogP contribution >= 0.6 is 34.7 Å². The van der Waals surface area contributed by atoms with E-state index < -0.39 is 22.5 Å². The molecule has 1 amide bonds. The van der Waals surface area contributed by atoms with Crippen molar-refractivity contribution in [2.45, 2.75) is 28.7 Å². The standard InChI is InChI=1S/C27H20ClFN2O4S2/c28-20-4-1-2-5-22(20)37-25-21(33)13-27(31-26(25)34,17-8-9-36-15-17)23-6-3-7-24(30-23)35-19-11-16(14-32)10-18(29)12-19/h1-12,15,25,32H,13-14H2,(H,31,34). The Morgan fingerprint density at radius 3 is 2.73 bits per heavy atom. The van der Waals surface area contributed by atoms with Gasteiger partial charge >= 0.3 is 0 Å². The van der Waals surface area contributed by atoms with Gasteiger partial charge in [-0.2, -0.15) is 11.3 Å². The summed E-state index contributed by atoms with van der Waals surface area (Å²) in [4.78, 5) is 32.1. The van der Waals surface area contributed by atoms with Gasteiger partial charge in [0.1, 0.15) is 22.4 Å². The molecule has 5 rings (SSSR count). The molecular weight excluding hydrogens is 535 g/mol. The van der Waals surface area contributed by atoms with E-state index in [2.05, 4.69) is 10.3 Å². The number of hydrogen-bond donors (Lipinski definition) is 2. The van der Waals surface area contributed by atoms with E-state index in [-0.39, 0.29) is 30.4 Å². The molecule has 6 nitrogen and oxygen atoms in total. The van der Waals surface area contributed by atoms with Gasteiger partial charge in [-0.3, -0.25) is 9.59 Å². The normalized spacial score (nSPS) is 19.5. The predicted molar refractivity (Wildman–Crippen MR) is 141 cm³/mol. The number of aliphatic hydroxyl groups is 1. The number of carbonyl (C=O) groups excluding carboxylic acids is 2. The summed E-state index contributed by atoms with van der Waals surface area (Å²) in [5.41, 5.74) is 0.278. The van der Waals surface area contributed by atoms with Crippen LogP contribution in [-0.4, -0.2) is 27.0 Å². The number of piperidine rings is 1. The lowest BCUT2D eigenvalue weighted by Gasteiger charge is -2.39. The Morgan fingerprint density at radius 1 is 1.16 bits per heavy atom. The van der Waals surface area contributed by atoms with E-state index in [1.807, 2.05) is 16.8 Å². The zero-order valence-corrected chi connectivity index (χ0v) is 21.6. The summed E-state index contributed by atoms with van der Waals surface area (Å²) in [6, 6.07) is 17.8. The zero-order valence-electron chi connectivity index (χ0n) is 19.2. The van der Waals surface area contributed by atoms with Gasteiger partial charge in [-0.25, -0.2) is 9.37 Å². The van der Waals surface area contributed by atoms with E-state index in [4.69, 9.17) is 16.3 Å². The highest BCUT2D eigenvalue weighted by Gasteiger charge is 2.48. The number of rotatable bonds is 7. The topological polar surface area (TPSA) is 88.5 Å². The van der Waals surface area contributed by atoms with Crippen LogP contribution in [0.15, 0.2) is 82.4 Å². The van der Waals surface area contributed by atoms with Gasteiger partial charge in [-0.05, 0) is 58.3 Å². The molecule has 0 spiro atoms. The van der Waals surface area contributed by atoms with Crippen LogP contribution in [0.3, 0.4) is 0 Å². The number of thiophene rings is 1. The lowest BCUT2D eigenvalue weighted by molar-refractivity contribution is -0.133. The Bertz CT molecular complexity index is 1450. The molecule has 2 N–H and O–H groups in total. The van der Waals surface area contributed by atoms with Crippen molar-refractivity contribution in [2.75, 3.05) is 0 Å². The van der Waals surface area contributed by atoms with E-state index in [0.29, 0.717) is 21.2 Å². The highest BCUT2D eigenvalue weighted by atomic mass is 35.5. The van der Waals surface area contributed by atoms with E-state index >= 15 is 0 Å². The van der Waals surface area contributed by atoms with Gasteiger partial charge in [-0.1, -0.05) is 29.8 Å². The number of ketones is 1. The van der Waals surface area contributed by atoms with Gasteiger partial charge in [0.25, 0.3) is 0 Å². The second-order valence-corrected chi connectivity index (χ2v) is 10.7. The molecule has 1 saturated heterocycles. The molecule has 10 heteroatoms. The third kappa shape index (κ3) is 5.26. The second kappa shape index (κ2) is 10.6. The monoisotopic (exact) mass is 554 g/mol. The van der Waals surface area contributed by atoms with Crippen molar-refractivity contribution in [2.24, 2.45) is 0 Å². The number of aromatic nitrogens is 1. The number of amides is 1. The summed E-state index contributed by atoms with van der Waals surface area (Å²) in [5, 5.41) is 15.7. The molecule has 3 heterocycles. The summed E-state index contributed by atoms with van der Waals surface area (Å²) in [7, 11) is 0. The number of halogens is 2. The molecule has 1 aliphatic heterocycles. The molecule has 0 bridgehead atoms. The molecule has 2 unspecified atom stereocenters. The van der Waals surface area contributed by atoms with Crippen LogP contribution in [0.1, 0.15) is 23.2 Å². The fourth-order valence-electron chi connectivity index (χ4n) is 4.19. The lowest BCUT2D eigenvalue weighted by Crippen LogP contribution is -2.58. The largest absolute Gasteiger partial charge is 0.439 e. The molecular formula is C27H20ClFN2O4S2. The number of pyridine rings is 1. The number of thioether (sulfide) groups is 1. The van der Waals surface area contributed by atoms with Crippen LogP contribution in [-0.2, 0) is 21.7 Å². The molecule has 0 aliphatic carbocycles. The number of aliphatic hydroxyl groups excluding tert-OH is 1. The SMILES string of the molecule is O=C1CC(c2ccsc2)(c2cccc(Oc3cc(F)cc(CO)c3)n2)NC(=O)C1Sc1ccccc1Cl. The van der Waals surface area contributed by atoms with Crippen LogP contribution in [0.2, 0.25) is 5.02 Å². The van der Waals surface area contributed by atoms with Gasteiger partial charge in [-0.15, -0.1) is 11.8 Å². The number of hydrogen-bond acceptors (Lipinski definition) is 7. The predicted octanol–water partition coefficient (Wildman–Crippen LogP) is 5.71. The van der Waals surface area contributed by atoms with Crippen molar-refractivity contribution >= 4 is 46.4 Å². The van der Waals surface area contributed by atoms with Gasteiger partial charge in [0.15, 0.2) is 5.78 Å². The number of nitrogens with one attached hydrogen (secondary N) is 1. The van der Waals surface area contributed by atoms with Crippen molar-refractivity contribution in [1.29, 1.82) is 0 Å². The van der Waals surface area contributed by atoms with E-state index in [1.165, 1.54) is 29.5 Å². The van der Waals surface area contributed by atoms with Crippen LogP contribution in [0, 0.1) is 5.82 Å². The molecule has 1 aliphatic rings. The zero-order chi connectivity index (χ0) is 26.0. The maximum Gasteiger partial charge on any atom is 0.242 e. The van der Waals surface area contributed by atoms with Crippen molar-refractivity contribution in [3.8, 4) is 11.6 Å². The number of ether oxygens (including phenoxy) is 1. The van der Waals surface area contributed by atoms with Crippen molar-refractivity contribution < 1.29 is 23.8 Å².